The summed E-state index contributed by atoms with van der Waals surface area (Å²) in [5, 5.41) is 25.2. The molecule has 0 spiro atoms. The van der Waals surface area contributed by atoms with Gasteiger partial charge in [0.25, 0.3) is 0 Å². The molecule has 29 heavy (non-hydrogen) atoms. The minimum Gasteiger partial charge on any atom is -0.481 e. The van der Waals surface area contributed by atoms with E-state index in [9.17, 15) is 29.1 Å². The highest BCUT2D eigenvalue weighted by Gasteiger charge is 2.30. The first-order chi connectivity index (χ1) is 13.4. The maximum atomic E-state index is 12.5. The first-order valence-electron chi connectivity index (χ1n) is 9.48. The van der Waals surface area contributed by atoms with E-state index in [1.54, 1.807) is 27.7 Å². The van der Waals surface area contributed by atoms with Gasteiger partial charge in [0.15, 0.2) is 0 Å². The van der Waals surface area contributed by atoms with Gasteiger partial charge in [-0.05, 0) is 18.3 Å². The number of rotatable bonds is 13. The number of hydrogen-bond acceptors (Lipinski definition) is 6. The molecule has 0 rings (SSSR count). The first kappa shape index (κ1) is 26.3. The van der Waals surface area contributed by atoms with Crippen LogP contribution in [0.4, 0.5) is 0 Å². The molecule has 7 N–H and O–H groups in total. The highest BCUT2D eigenvalue weighted by Crippen LogP contribution is 2.09. The topological polar surface area (TPSA) is 188 Å². The summed E-state index contributed by atoms with van der Waals surface area (Å²) >= 11 is 0. The minimum absolute atomic E-state index is 0.138. The predicted molar refractivity (Wildman–Crippen MR) is 104 cm³/mol. The Morgan fingerprint density at radius 3 is 2.00 bits per heavy atom. The molecule has 0 saturated carbocycles. The van der Waals surface area contributed by atoms with Gasteiger partial charge in [-0.25, -0.2) is 4.79 Å². The maximum Gasteiger partial charge on any atom is 0.326 e. The van der Waals surface area contributed by atoms with Crippen LogP contribution in [0, 0.1) is 11.8 Å². The van der Waals surface area contributed by atoms with Crippen molar-refractivity contribution in [2.75, 3.05) is 6.54 Å². The molecule has 0 aliphatic rings. The third-order valence-electron chi connectivity index (χ3n) is 4.52. The first-order valence-corrected chi connectivity index (χ1v) is 9.48. The van der Waals surface area contributed by atoms with Gasteiger partial charge >= 0.3 is 11.9 Å². The second-order valence-electron chi connectivity index (χ2n) is 7.25. The van der Waals surface area contributed by atoms with Gasteiger partial charge in [-0.15, -0.1) is 0 Å². The molecular weight excluding hydrogens is 384 g/mol. The van der Waals surface area contributed by atoms with Gasteiger partial charge in [0.05, 0.1) is 12.6 Å². The molecule has 0 heterocycles. The van der Waals surface area contributed by atoms with E-state index in [1.165, 1.54) is 0 Å². The van der Waals surface area contributed by atoms with Crippen molar-refractivity contribution in [3.05, 3.63) is 0 Å². The van der Waals surface area contributed by atoms with E-state index in [0.717, 1.165) is 0 Å². The van der Waals surface area contributed by atoms with Gasteiger partial charge in [0, 0.05) is 6.42 Å². The number of nitrogens with one attached hydrogen (secondary N) is 3. The third kappa shape index (κ3) is 9.88. The molecule has 0 aliphatic heterocycles. The van der Waals surface area contributed by atoms with Gasteiger partial charge < -0.3 is 31.9 Å². The summed E-state index contributed by atoms with van der Waals surface area (Å²) in [7, 11) is 0. The summed E-state index contributed by atoms with van der Waals surface area (Å²) in [6.07, 6.45) is -0.158. The zero-order valence-electron chi connectivity index (χ0n) is 17.2. The molecular formula is C18H32N4O7. The molecule has 4 atom stereocenters. The molecule has 3 amide bonds. The Morgan fingerprint density at radius 1 is 0.966 bits per heavy atom. The number of nitrogens with two attached hydrogens (primary N) is 1. The van der Waals surface area contributed by atoms with Crippen molar-refractivity contribution in [2.45, 2.75) is 65.1 Å². The van der Waals surface area contributed by atoms with Crippen LogP contribution in [0.25, 0.3) is 0 Å². The van der Waals surface area contributed by atoms with Crippen molar-refractivity contribution in [1.82, 2.24) is 16.0 Å². The number of carboxylic acids is 2. The highest BCUT2D eigenvalue weighted by atomic mass is 16.4. The fourth-order valence-electron chi connectivity index (χ4n) is 2.31. The molecule has 11 nitrogen and oxygen atoms in total. The van der Waals surface area contributed by atoms with Gasteiger partial charge in [-0.2, -0.15) is 0 Å². The van der Waals surface area contributed by atoms with Gasteiger partial charge in [0.1, 0.15) is 12.1 Å². The van der Waals surface area contributed by atoms with Crippen LogP contribution in [0.2, 0.25) is 0 Å². The predicted octanol–water partition coefficient (Wildman–Crippen LogP) is -0.949. The highest BCUT2D eigenvalue weighted by molar-refractivity contribution is 5.92. The zero-order valence-corrected chi connectivity index (χ0v) is 17.2. The van der Waals surface area contributed by atoms with Crippen molar-refractivity contribution >= 4 is 29.7 Å². The summed E-state index contributed by atoms with van der Waals surface area (Å²) in [4.78, 5) is 58.6. The fraction of sp³-hybridized carbons (Fsp3) is 0.722. The molecule has 0 aliphatic carbocycles. The summed E-state index contributed by atoms with van der Waals surface area (Å²) < 4.78 is 0. The van der Waals surface area contributed by atoms with E-state index < -0.39 is 60.8 Å². The lowest BCUT2D eigenvalue weighted by Gasteiger charge is -2.24. The van der Waals surface area contributed by atoms with Gasteiger partial charge in [-0.1, -0.05) is 34.1 Å². The van der Waals surface area contributed by atoms with E-state index in [0.29, 0.717) is 6.42 Å². The normalized spacial score (nSPS) is 15.0. The minimum atomic E-state index is -1.26. The number of aliphatic carboxylic acids is 2. The molecule has 0 aromatic carbocycles. The summed E-state index contributed by atoms with van der Waals surface area (Å²) in [5.41, 5.74) is 5.67. The number of carbonyl (C=O) groups is 5. The Morgan fingerprint density at radius 2 is 1.55 bits per heavy atom. The smallest absolute Gasteiger partial charge is 0.326 e. The summed E-state index contributed by atoms with van der Waals surface area (Å²) in [6, 6.07) is -3.25. The number of amides is 3. The Hall–Kier alpha value is -2.69. The molecule has 0 bridgehead atoms. The van der Waals surface area contributed by atoms with Gasteiger partial charge in [0.2, 0.25) is 17.7 Å². The van der Waals surface area contributed by atoms with E-state index in [-0.39, 0.29) is 18.3 Å². The molecule has 0 aromatic heterocycles. The number of carbonyl (C=O) groups excluding carboxylic acids is 3. The van der Waals surface area contributed by atoms with Gasteiger partial charge in [-0.3, -0.25) is 19.2 Å². The average Bonchev–Trinajstić information content (AvgIpc) is 2.65. The standard InChI is InChI=1S/C18H32N4O7/c1-5-10(4)15(18(28)29)22-16(26)11(6-7-13(24)25)21-12(23)8-20-17(27)14(19)9(2)3/h9-11,14-15H,5-8,19H2,1-4H3,(H,20,27)(H,21,23)(H,22,26)(H,24,25)(H,28,29). The van der Waals surface area contributed by atoms with Crippen molar-refractivity contribution < 1.29 is 34.2 Å². The molecule has 0 aromatic rings. The lowest BCUT2D eigenvalue weighted by atomic mass is 9.98. The zero-order chi connectivity index (χ0) is 22.7. The van der Waals surface area contributed by atoms with E-state index in [4.69, 9.17) is 10.8 Å². The van der Waals surface area contributed by atoms with Crippen LogP contribution >= 0.6 is 0 Å². The van der Waals surface area contributed by atoms with Crippen LogP contribution in [-0.2, 0) is 24.0 Å². The van der Waals surface area contributed by atoms with Crippen LogP contribution in [0.1, 0.15) is 47.0 Å². The Labute approximate surface area is 169 Å². The molecule has 11 heteroatoms. The maximum absolute atomic E-state index is 12.5. The average molecular weight is 416 g/mol. The second-order valence-corrected chi connectivity index (χ2v) is 7.25. The number of carboxylic acid groups (broad SMARTS) is 2. The van der Waals surface area contributed by atoms with Crippen molar-refractivity contribution in [1.29, 1.82) is 0 Å². The second kappa shape index (κ2) is 12.7. The van der Waals surface area contributed by atoms with Crippen molar-refractivity contribution in [3.63, 3.8) is 0 Å². The Bertz CT molecular complexity index is 609. The van der Waals surface area contributed by atoms with Crippen molar-refractivity contribution in [2.24, 2.45) is 17.6 Å². The Kier molecular flexibility index (Phi) is 11.5. The summed E-state index contributed by atoms with van der Waals surface area (Å²) in [6.45, 7) is 6.45. The van der Waals surface area contributed by atoms with E-state index in [1.807, 2.05) is 0 Å². The summed E-state index contributed by atoms with van der Waals surface area (Å²) in [5.74, 6) is -4.99. The Balaban J connectivity index is 5.05. The van der Waals surface area contributed by atoms with Crippen LogP contribution in [-0.4, -0.2) is 64.5 Å². The quantitative estimate of drug-likeness (QED) is 0.221. The fourth-order valence-corrected chi connectivity index (χ4v) is 2.31. The number of hydrogen-bond donors (Lipinski definition) is 6. The van der Waals surface area contributed by atoms with Crippen molar-refractivity contribution in [3.8, 4) is 0 Å². The van der Waals surface area contributed by atoms with Crippen LogP contribution in [0.3, 0.4) is 0 Å². The molecule has 4 unspecified atom stereocenters. The SMILES string of the molecule is CCC(C)C(NC(=O)C(CCC(=O)O)NC(=O)CNC(=O)C(N)C(C)C)C(=O)O. The monoisotopic (exact) mass is 416 g/mol. The lowest BCUT2D eigenvalue weighted by Crippen LogP contribution is -2.55. The van der Waals surface area contributed by atoms with E-state index in [2.05, 4.69) is 16.0 Å². The largest absolute Gasteiger partial charge is 0.481 e. The molecule has 0 radical (unpaired) electrons. The van der Waals surface area contributed by atoms with Crippen LogP contribution in [0.15, 0.2) is 0 Å². The third-order valence-corrected chi connectivity index (χ3v) is 4.52. The molecule has 0 saturated heterocycles. The van der Waals surface area contributed by atoms with Crippen LogP contribution < -0.4 is 21.7 Å². The molecule has 166 valence electrons. The van der Waals surface area contributed by atoms with Crippen LogP contribution in [0.5, 0.6) is 0 Å². The molecule has 0 fully saturated rings. The van der Waals surface area contributed by atoms with E-state index >= 15 is 0 Å². The lowest BCUT2D eigenvalue weighted by molar-refractivity contribution is -0.144.